The maximum Gasteiger partial charge on any atom is 0.327 e. The second kappa shape index (κ2) is 6.90. The largest absolute Gasteiger partial charge is 0.480 e. The molecule has 0 saturated heterocycles. The van der Waals surface area contributed by atoms with E-state index < -0.39 is 12.0 Å². The number of pyridine rings is 1. The number of nitrogens with zero attached hydrogens (tertiary/aromatic N) is 1. The second-order valence-electron chi connectivity index (χ2n) is 3.46. The maximum absolute atomic E-state index is 10.7. The first-order valence-electron chi connectivity index (χ1n) is 5.06. The van der Waals surface area contributed by atoms with Crippen molar-refractivity contribution in [2.24, 2.45) is 0 Å². The zero-order valence-corrected chi connectivity index (χ0v) is 10.2. The number of hydrogen-bond acceptors (Lipinski definition) is 4. The van der Waals surface area contributed by atoms with E-state index in [1.54, 1.807) is 0 Å². The molecule has 0 aliphatic carbocycles. The predicted octanol–water partition coefficient (Wildman–Crippen LogP) is 0.822. The summed E-state index contributed by atoms with van der Waals surface area (Å²) in [4.78, 5) is 25.2. The van der Waals surface area contributed by atoms with Crippen molar-refractivity contribution in [1.29, 1.82) is 0 Å². The van der Waals surface area contributed by atoms with Crippen molar-refractivity contribution in [2.45, 2.75) is 18.7 Å². The number of carbonyl (C=O) groups excluding carboxylic acids is 1. The number of carboxylic acids is 1. The number of thioether (sulfide) groups is 1. The summed E-state index contributed by atoms with van der Waals surface area (Å²) in [6.45, 7) is 1.90. The van der Waals surface area contributed by atoms with Gasteiger partial charge in [-0.15, -0.1) is 0 Å². The standard InChI is InChI=1S/C11H14N2O3S/c1-8-3-2-4-9(13-8)5-17-6-10(11(15)16)12-7-14/h2-4,7,10H,5-6H2,1H3,(H,12,14)(H,15,16). The molecule has 1 heterocycles. The summed E-state index contributed by atoms with van der Waals surface area (Å²) in [6.07, 6.45) is 0.407. The van der Waals surface area contributed by atoms with Crippen molar-refractivity contribution in [2.75, 3.05) is 5.75 Å². The highest BCUT2D eigenvalue weighted by Gasteiger charge is 2.15. The number of carbonyl (C=O) groups is 2. The van der Waals surface area contributed by atoms with Crippen LogP contribution < -0.4 is 5.32 Å². The summed E-state index contributed by atoms with van der Waals surface area (Å²) in [5.41, 5.74) is 1.84. The van der Waals surface area contributed by atoms with Crippen LogP contribution in [0.4, 0.5) is 0 Å². The third kappa shape index (κ3) is 4.86. The smallest absolute Gasteiger partial charge is 0.327 e. The van der Waals surface area contributed by atoms with Crippen molar-refractivity contribution >= 4 is 24.1 Å². The third-order valence-electron chi connectivity index (χ3n) is 2.05. The summed E-state index contributed by atoms with van der Waals surface area (Å²) >= 11 is 1.43. The molecule has 0 bridgehead atoms. The van der Waals surface area contributed by atoms with Gasteiger partial charge in [0.2, 0.25) is 6.41 Å². The molecule has 0 spiro atoms. The fraction of sp³-hybridized carbons (Fsp3) is 0.364. The second-order valence-corrected chi connectivity index (χ2v) is 4.49. The van der Waals surface area contributed by atoms with Crippen molar-refractivity contribution in [3.63, 3.8) is 0 Å². The molecule has 1 rings (SSSR count). The van der Waals surface area contributed by atoms with E-state index in [4.69, 9.17) is 5.11 Å². The molecule has 0 radical (unpaired) electrons. The van der Waals surface area contributed by atoms with Crippen molar-refractivity contribution < 1.29 is 14.7 Å². The van der Waals surface area contributed by atoms with Gasteiger partial charge < -0.3 is 10.4 Å². The van der Waals surface area contributed by atoms with Crippen LogP contribution in [0.25, 0.3) is 0 Å². The Bertz CT molecular complexity index is 398. The van der Waals surface area contributed by atoms with Crippen molar-refractivity contribution in [3.8, 4) is 0 Å². The number of aryl methyl sites for hydroxylation is 1. The average molecular weight is 254 g/mol. The summed E-state index contributed by atoms with van der Waals surface area (Å²) in [5, 5.41) is 11.1. The van der Waals surface area contributed by atoms with Crippen LogP contribution in [0.3, 0.4) is 0 Å². The minimum atomic E-state index is -1.03. The highest BCUT2D eigenvalue weighted by molar-refractivity contribution is 7.98. The summed E-state index contributed by atoms with van der Waals surface area (Å²) < 4.78 is 0. The molecular weight excluding hydrogens is 240 g/mol. The predicted molar refractivity (Wildman–Crippen MR) is 65.8 cm³/mol. The highest BCUT2D eigenvalue weighted by atomic mass is 32.2. The molecule has 6 heteroatoms. The first-order chi connectivity index (χ1) is 8.13. The van der Waals surface area contributed by atoms with Crippen LogP contribution in [0.1, 0.15) is 11.4 Å². The van der Waals surface area contributed by atoms with Gasteiger partial charge in [-0.1, -0.05) is 6.07 Å². The average Bonchev–Trinajstić information content (AvgIpc) is 2.28. The zero-order valence-electron chi connectivity index (χ0n) is 9.42. The third-order valence-corrected chi connectivity index (χ3v) is 3.12. The number of hydrogen-bond donors (Lipinski definition) is 2. The van der Waals surface area contributed by atoms with Gasteiger partial charge in [0, 0.05) is 17.2 Å². The Hall–Kier alpha value is -1.56. The molecule has 1 atom stereocenters. The van der Waals surface area contributed by atoms with E-state index in [2.05, 4.69) is 10.3 Å². The first kappa shape index (κ1) is 13.5. The van der Waals surface area contributed by atoms with Gasteiger partial charge in [0.1, 0.15) is 6.04 Å². The molecular formula is C11H14N2O3S. The van der Waals surface area contributed by atoms with Crippen LogP contribution in [0.2, 0.25) is 0 Å². The van der Waals surface area contributed by atoms with E-state index in [-0.39, 0.29) is 0 Å². The van der Waals surface area contributed by atoms with E-state index in [0.717, 1.165) is 11.4 Å². The lowest BCUT2D eigenvalue weighted by molar-refractivity contribution is -0.139. The van der Waals surface area contributed by atoms with E-state index in [9.17, 15) is 9.59 Å². The molecule has 17 heavy (non-hydrogen) atoms. The van der Waals surface area contributed by atoms with Crippen LogP contribution in [-0.4, -0.2) is 34.3 Å². The van der Waals surface area contributed by atoms with Gasteiger partial charge in [-0.3, -0.25) is 9.78 Å². The van der Waals surface area contributed by atoms with Crippen molar-refractivity contribution in [3.05, 3.63) is 29.6 Å². The van der Waals surface area contributed by atoms with Gasteiger partial charge in [-0.2, -0.15) is 11.8 Å². The quantitative estimate of drug-likeness (QED) is 0.704. The fourth-order valence-corrected chi connectivity index (χ4v) is 2.20. The Morgan fingerprint density at radius 1 is 1.65 bits per heavy atom. The molecule has 5 nitrogen and oxygen atoms in total. The summed E-state index contributed by atoms with van der Waals surface area (Å²) in [6, 6.07) is 4.86. The number of nitrogens with one attached hydrogen (secondary N) is 1. The van der Waals surface area contributed by atoms with E-state index in [1.807, 2.05) is 25.1 Å². The Kier molecular flexibility index (Phi) is 5.48. The van der Waals surface area contributed by atoms with E-state index >= 15 is 0 Å². The van der Waals surface area contributed by atoms with Gasteiger partial charge in [0.15, 0.2) is 0 Å². The van der Waals surface area contributed by atoms with Gasteiger partial charge in [0.25, 0.3) is 0 Å². The van der Waals surface area contributed by atoms with Crippen LogP contribution in [0, 0.1) is 6.92 Å². The van der Waals surface area contributed by atoms with Crippen LogP contribution in [0.15, 0.2) is 18.2 Å². The highest BCUT2D eigenvalue weighted by Crippen LogP contribution is 2.11. The Morgan fingerprint density at radius 3 is 3.00 bits per heavy atom. The molecule has 1 amide bonds. The van der Waals surface area contributed by atoms with Crippen LogP contribution in [0.5, 0.6) is 0 Å². The SMILES string of the molecule is Cc1cccc(CSCC(NC=O)C(=O)O)n1. The van der Waals surface area contributed by atoms with Crippen LogP contribution >= 0.6 is 11.8 Å². The first-order valence-corrected chi connectivity index (χ1v) is 6.21. The Balaban J connectivity index is 2.40. The molecule has 1 aromatic heterocycles. The molecule has 1 unspecified atom stereocenters. The molecule has 0 aliphatic heterocycles. The lowest BCUT2D eigenvalue weighted by Crippen LogP contribution is -2.37. The van der Waals surface area contributed by atoms with Gasteiger partial charge in [0.05, 0.1) is 5.69 Å². The topological polar surface area (TPSA) is 79.3 Å². The molecule has 0 fully saturated rings. The van der Waals surface area contributed by atoms with Crippen molar-refractivity contribution in [1.82, 2.24) is 10.3 Å². The Morgan fingerprint density at radius 2 is 2.41 bits per heavy atom. The Labute approximate surface area is 104 Å². The molecule has 92 valence electrons. The minimum absolute atomic E-state index is 0.323. The number of amides is 1. The fourth-order valence-electron chi connectivity index (χ4n) is 1.23. The van der Waals surface area contributed by atoms with Gasteiger partial charge >= 0.3 is 5.97 Å². The maximum atomic E-state index is 10.7. The van der Waals surface area contributed by atoms with Gasteiger partial charge in [-0.25, -0.2) is 4.79 Å². The molecule has 1 aromatic rings. The molecule has 2 N–H and O–H groups in total. The van der Waals surface area contributed by atoms with E-state index in [1.165, 1.54) is 11.8 Å². The molecule has 0 saturated carbocycles. The lowest BCUT2D eigenvalue weighted by atomic mass is 10.3. The lowest BCUT2D eigenvalue weighted by Gasteiger charge is -2.10. The number of aromatic nitrogens is 1. The summed E-state index contributed by atoms with van der Waals surface area (Å²) in [7, 11) is 0. The normalized spacial score (nSPS) is 11.8. The number of carboxylic acid groups (broad SMARTS) is 1. The van der Waals surface area contributed by atoms with E-state index in [0.29, 0.717) is 17.9 Å². The minimum Gasteiger partial charge on any atom is -0.480 e. The number of aliphatic carboxylic acids is 1. The zero-order chi connectivity index (χ0) is 12.7. The monoisotopic (exact) mass is 254 g/mol. The summed E-state index contributed by atoms with van der Waals surface area (Å²) in [5.74, 6) is -0.0720. The van der Waals surface area contributed by atoms with Crippen LogP contribution in [-0.2, 0) is 15.3 Å². The molecule has 0 aromatic carbocycles. The molecule has 0 aliphatic rings. The number of rotatable bonds is 7. The van der Waals surface area contributed by atoms with Gasteiger partial charge in [-0.05, 0) is 19.1 Å².